The molecule has 0 saturated heterocycles. The van der Waals surface area contributed by atoms with E-state index in [2.05, 4.69) is 20.1 Å². The quantitative estimate of drug-likeness (QED) is 0.258. The van der Waals surface area contributed by atoms with Gasteiger partial charge in [0.15, 0.2) is 5.15 Å². The molecule has 3 aromatic heterocycles. The Labute approximate surface area is 216 Å². The number of ether oxygens (including phenoxy) is 1. The Kier molecular flexibility index (Phi) is 5.82. The van der Waals surface area contributed by atoms with E-state index in [1.54, 1.807) is 6.20 Å². The second kappa shape index (κ2) is 9.06. The summed E-state index contributed by atoms with van der Waals surface area (Å²) in [6, 6.07) is 11.1. The lowest BCUT2D eigenvalue weighted by atomic mass is 9.83. The molecule has 0 spiro atoms. The number of hydrogen-bond donors (Lipinski definition) is 1. The Morgan fingerprint density at radius 3 is 2.54 bits per heavy atom. The van der Waals surface area contributed by atoms with Gasteiger partial charge in [0, 0.05) is 36.7 Å². The Morgan fingerprint density at radius 2 is 1.76 bits per heavy atom. The molecule has 1 aliphatic carbocycles. The third-order valence-electron chi connectivity index (χ3n) is 7.14. The van der Waals surface area contributed by atoms with Crippen molar-refractivity contribution >= 4 is 33.7 Å². The van der Waals surface area contributed by atoms with Crippen molar-refractivity contribution in [1.82, 2.24) is 29.7 Å². The first-order chi connectivity index (χ1) is 17.7. The third kappa shape index (κ3) is 4.75. The van der Waals surface area contributed by atoms with Crippen LogP contribution in [-0.2, 0) is 0 Å². The fourth-order valence-electron chi connectivity index (χ4n) is 5.02. The smallest absolute Gasteiger partial charge is 0.248 e. The van der Waals surface area contributed by atoms with Crippen LogP contribution in [0.1, 0.15) is 44.5 Å². The van der Waals surface area contributed by atoms with E-state index in [-0.39, 0.29) is 30.0 Å². The molecule has 10 heteroatoms. The van der Waals surface area contributed by atoms with Gasteiger partial charge in [-0.15, -0.1) is 0 Å². The van der Waals surface area contributed by atoms with Gasteiger partial charge in [0.1, 0.15) is 23.0 Å². The fourth-order valence-corrected chi connectivity index (χ4v) is 5.26. The highest BCUT2D eigenvalue weighted by Gasteiger charge is 2.37. The summed E-state index contributed by atoms with van der Waals surface area (Å²) in [5.41, 5.74) is 4.28. The van der Waals surface area contributed by atoms with Crippen LogP contribution >= 0.6 is 11.6 Å². The van der Waals surface area contributed by atoms with Crippen molar-refractivity contribution in [3.05, 3.63) is 59.8 Å². The summed E-state index contributed by atoms with van der Waals surface area (Å²) < 4.78 is 35.1. The SMILES string of the molecule is Cc1nc2ccc(Oc3ccc4nc(Cl)c(-c5cnn([C@H](C)C6CCC(F)(F)CC6)c5)nc4c3)cc2[nH]1. The molecule has 2 aromatic carbocycles. The summed E-state index contributed by atoms with van der Waals surface area (Å²) in [6.45, 7) is 3.93. The molecule has 1 saturated carbocycles. The number of halogens is 3. The van der Waals surface area contributed by atoms with Crippen molar-refractivity contribution in [1.29, 1.82) is 0 Å². The zero-order valence-electron chi connectivity index (χ0n) is 20.4. The predicted octanol–water partition coefficient (Wildman–Crippen LogP) is 7.51. The van der Waals surface area contributed by atoms with Crippen LogP contribution < -0.4 is 4.74 Å². The van der Waals surface area contributed by atoms with E-state index in [0.29, 0.717) is 41.1 Å². The number of imidazole rings is 1. The topological polar surface area (TPSA) is 81.5 Å². The molecule has 7 nitrogen and oxygen atoms in total. The Bertz CT molecular complexity index is 1600. The van der Waals surface area contributed by atoms with Gasteiger partial charge in [0.2, 0.25) is 5.92 Å². The molecule has 0 amide bonds. The number of fused-ring (bicyclic) bond motifs is 2. The van der Waals surface area contributed by atoms with Gasteiger partial charge in [-0.2, -0.15) is 5.10 Å². The fraction of sp³-hybridized carbons (Fsp3) is 0.333. The van der Waals surface area contributed by atoms with E-state index in [9.17, 15) is 8.78 Å². The van der Waals surface area contributed by atoms with Gasteiger partial charge in [0.05, 0.1) is 34.3 Å². The van der Waals surface area contributed by atoms with E-state index >= 15 is 0 Å². The molecule has 37 heavy (non-hydrogen) atoms. The van der Waals surface area contributed by atoms with Crippen LogP contribution in [0.2, 0.25) is 5.15 Å². The van der Waals surface area contributed by atoms with Gasteiger partial charge >= 0.3 is 0 Å². The molecule has 1 aliphatic rings. The number of H-pyrrole nitrogens is 1. The zero-order valence-corrected chi connectivity index (χ0v) is 21.1. The predicted molar refractivity (Wildman–Crippen MR) is 138 cm³/mol. The number of aryl methyl sites for hydroxylation is 1. The van der Waals surface area contributed by atoms with E-state index in [4.69, 9.17) is 21.3 Å². The van der Waals surface area contributed by atoms with Gasteiger partial charge in [-0.25, -0.2) is 23.7 Å². The number of nitrogens with one attached hydrogen (secondary N) is 1. The number of alkyl halides is 2. The lowest BCUT2D eigenvalue weighted by Gasteiger charge is -2.32. The highest BCUT2D eigenvalue weighted by molar-refractivity contribution is 6.32. The minimum Gasteiger partial charge on any atom is -0.457 e. The molecular weight excluding hydrogens is 498 g/mol. The first-order valence-electron chi connectivity index (χ1n) is 12.3. The highest BCUT2D eigenvalue weighted by Crippen LogP contribution is 2.41. The van der Waals surface area contributed by atoms with Crippen LogP contribution in [0, 0.1) is 12.8 Å². The summed E-state index contributed by atoms with van der Waals surface area (Å²) >= 11 is 6.50. The number of nitrogens with zero attached hydrogens (tertiary/aromatic N) is 5. The third-order valence-corrected chi connectivity index (χ3v) is 7.40. The second-order valence-corrected chi connectivity index (χ2v) is 10.1. The van der Waals surface area contributed by atoms with Crippen molar-refractivity contribution < 1.29 is 13.5 Å². The van der Waals surface area contributed by atoms with Crippen LogP contribution in [0.3, 0.4) is 0 Å². The van der Waals surface area contributed by atoms with Crippen molar-refractivity contribution in [2.75, 3.05) is 0 Å². The Balaban J connectivity index is 1.25. The van der Waals surface area contributed by atoms with Crippen LogP contribution in [-0.4, -0.2) is 35.6 Å². The summed E-state index contributed by atoms with van der Waals surface area (Å²) in [5, 5.41) is 4.76. The number of hydrogen-bond acceptors (Lipinski definition) is 5. The maximum absolute atomic E-state index is 13.6. The average molecular weight is 523 g/mol. The maximum Gasteiger partial charge on any atom is 0.248 e. The molecule has 0 aliphatic heterocycles. The number of benzene rings is 2. The number of aromatic amines is 1. The lowest BCUT2D eigenvalue weighted by Crippen LogP contribution is -2.29. The molecule has 3 heterocycles. The second-order valence-electron chi connectivity index (χ2n) is 9.76. The van der Waals surface area contributed by atoms with E-state index in [0.717, 1.165) is 22.4 Å². The molecule has 190 valence electrons. The standard InChI is InChI=1S/C27H25ClF2N6O/c1-15(17-7-9-27(29,30)10-8-17)36-14-18(13-31-36)25-26(28)35-22-6-4-20(12-24(22)34-25)37-19-3-5-21-23(11-19)33-16(2)32-21/h3-6,11-15,17H,7-10H2,1-2H3,(H,32,33)/t15-/m1/s1. The Morgan fingerprint density at radius 1 is 1.03 bits per heavy atom. The van der Waals surface area contributed by atoms with Crippen molar-refractivity contribution in [3.63, 3.8) is 0 Å². The van der Waals surface area contributed by atoms with Gasteiger partial charge in [-0.1, -0.05) is 11.6 Å². The summed E-state index contributed by atoms with van der Waals surface area (Å²) in [7, 11) is 0. The van der Waals surface area contributed by atoms with Gasteiger partial charge < -0.3 is 9.72 Å². The van der Waals surface area contributed by atoms with Crippen LogP contribution in [0.4, 0.5) is 8.78 Å². The van der Waals surface area contributed by atoms with Crippen molar-refractivity contribution in [3.8, 4) is 22.8 Å². The van der Waals surface area contributed by atoms with Gasteiger partial charge in [-0.05, 0) is 56.9 Å². The first-order valence-corrected chi connectivity index (χ1v) is 12.7. The van der Waals surface area contributed by atoms with Crippen molar-refractivity contribution in [2.45, 2.75) is 51.5 Å². The molecule has 1 fully saturated rings. The van der Waals surface area contributed by atoms with Crippen LogP contribution in [0.15, 0.2) is 48.8 Å². The largest absolute Gasteiger partial charge is 0.457 e. The molecule has 0 radical (unpaired) electrons. The van der Waals surface area contributed by atoms with Crippen LogP contribution in [0.5, 0.6) is 11.5 Å². The summed E-state index contributed by atoms with van der Waals surface area (Å²) in [6.07, 6.45) is 4.37. The molecule has 0 bridgehead atoms. The molecule has 6 rings (SSSR count). The Hall–Kier alpha value is -3.59. The average Bonchev–Trinajstić information content (AvgIpc) is 3.49. The van der Waals surface area contributed by atoms with Crippen molar-refractivity contribution in [2.24, 2.45) is 5.92 Å². The minimum absolute atomic E-state index is 0.00644. The normalized spacial score (nSPS) is 16.9. The lowest BCUT2D eigenvalue weighted by molar-refractivity contribution is -0.0510. The van der Waals surface area contributed by atoms with Crippen LogP contribution in [0.25, 0.3) is 33.3 Å². The molecule has 0 unspecified atom stereocenters. The van der Waals surface area contributed by atoms with E-state index in [1.807, 2.05) is 61.1 Å². The monoisotopic (exact) mass is 522 g/mol. The van der Waals surface area contributed by atoms with Gasteiger partial charge in [0.25, 0.3) is 0 Å². The van der Waals surface area contributed by atoms with Gasteiger partial charge in [-0.3, -0.25) is 4.68 Å². The molecule has 1 N–H and O–H groups in total. The van der Waals surface area contributed by atoms with E-state index in [1.165, 1.54) is 0 Å². The first kappa shape index (κ1) is 23.8. The maximum atomic E-state index is 13.6. The number of rotatable bonds is 5. The number of aromatic nitrogens is 6. The molecule has 5 aromatic rings. The molecule has 1 atom stereocenters. The zero-order chi connectivity index (χ0) is 25.7. The molecular formula is C27H25ClF2N6O. The highest BCUT2D eigenvalue weighted by atomic mass is 35.5. The van der Waals surface area contributed by atoms with E-state index < -0.39 is 5.92 Å². The summed E-state index contributed by atoms with van der Waals surface area (Å²) in [4.78, 5) is 16.9. The minimum atomic E-state index is -2.55. The summed E-state index contributed by atoms with van der Waals surface area (Å²) in [5.74, 6) is -0.268.